The Morgan fingerprint density at radius 3 is 2.64 bits per heavy atom. The molecule has 1 saturated carbocycles. The fourth-order valence-corrected chi connectivity index (χ4v) is 3.78. The maximum Gasteiger partial charge on any atom is 0.339 e. The van der Waals surface area contributed by atoms with E-state index in [1.807, 2.05) is 5.32 Å². The topological polar surface area (TPSA) is 105 Å². The number of halogens is 1. The molecule has 1 heterocycles. The van der Waals surface area contributed by atoms with Gasteiger partial charge in [-0.25, -0.2) is 9.18 Å². The zero-order chi connectivity index (χ0) is 18.2. The van der Waals surface area contributed by atoms with Crippen LogP contribution in [0.5, 0.6) is 5.75 Å². The van der Waals surface area contributed by atoms with E-state index in [0.29, 0.717) is 9.87 Å². The molecule has 0 spiro atoms. The molecule has 3 rings (SSSR count). The SMILES string of the molecule is C[C@@H](NS(=O)(=O)N1CC(=O)NC1=O)c1ccc(F)c(OC2CCC2)c1. The van der Waals surface area contributed by atoms with Crippen molar-refractivity contribution in [2.24, 2.45) is 0 Å². The summed E-state index contributed by atoms with van der Waals surface area (Å²) < 4.78 is 46.7. The van der Waals surface area contributed by atoms with Gasteiger partial charge in [-0.05, 0) is 43.9 Å². The second-order valence-corrected chi connectivity index (χ2v) is 7.69. The number of nitrogens with zero attached hydrogens (tertiary/aromatic N) is 1. The van der Waals surface area contributed by atoms with Gasteiger partial charge in [0, 0.05) is 6.04 Å². The van der Waals surface area contributed by atoms with Gasteiger partial charge in [0.25, 0.3) is 0 Å². The normalized spacial score (nSPS) is 19.5. The van der Waals surface area contributed by atoms with E-state index in [1.54, 1.807) is 6.92 Å². The molecule has 0 aromatic heterocycles. The molecule has 2 aliphatic rings. The van der Waals surface area contributed by atoms with Crippen LogP contribution in [0.15, 0.2) is 18.2 Å². The van der Waals surface area contributed by atoms with Crippen molar-refractivity contribution in [2.45, 2.75) is 38.3 Å². The first-order chi connectivity index (χ1) is 11.8. The van der Waals surface area contributed by atoms with Gasteiger partial charge in [0.15, 0.2) is 11.6 Å². The standard InChI is InChI=1S/C15H18FN3O5S/c1-9(18-25(22,23)19-8-14(20)17-15(19)21)10-5-6-12(16)13(7-10)24-11-3-2-4-11/h5-7,9,11,18H,2-4,8H2,1H3,(H,17,20,21)/t9-/m1/s1. The molecule has 136 valence electrons. The quantitative estimate of drug-likeness (QED) is 0.731. The van der Waals surface area contributed by atoms with Gasteiger partial charge in [-0.3, -0.25) is 10.1 Å². The maximum atomic E-state index is 13.9. The van der Waals surface area contributed by atoms with E-state index in [4.69, 9.17) is 4.74 Å². The van der Waals surface area contributed by atoms with Crippen molar-refractivity contribution in [1.82, 2.24) is 14.3 Å². The van der Waals surface area contributed by atoms with Crippen LogP contribution >= 0.6 is 0 Å². The van der Waals surface area contributed by atoms with Crippen LogP contribution in [0.2, 0.25) is 0 Å². The molecule has 2 N–H and O–H groups in total. The van der Waals surface area contributed by atoms with Crippen molar-refractivity contribution >= 4 is 22.1 Å². The Bertz CT molecular complexity index is 809. The largest absolute Gasteiger partial charge is 0.487 e. The molecule has 0 radical (unpaired) electrons. The van der Waals surface area contributed by atoms with Gasteiger partial charge < -0.3 is 4.74 Å². The summed E-state index contributed by atoms with van der Waals surface area (Å²) in [5.41, 5.74) is 0.477. The van der Waals surface area contributed by atoms with Crippen molar-refractivity contribution in [3.8, 4) is 5.75 Å². The van der Waals surface area contributed by atoms with Crippen molar-refractivity contribution in [3.05, 3.63) is 29.6 Å². The Labute approximate surface area is 144 Å². The summed E-state index contributed by atoms with van der Waals surface area (Å²) in [5, 5.41) is 1.90. The second-order valence-electron chi connectivity index (χ2n) is 6.07. The summed E-state index contributed by atoms with van der Waals surface area (Å²) >= 11 is 0. The molecule has 0 unspecified atom stereocenters. The van der Waals surface area contributed by atoms with Gasteiger partial charge in [0.2, 0.25) is 5.91 Å². The van der Waals surface area contributed by atoms with E-state index in [-0.39, 0.29) is 11.9 Å². The lowest BCUT2D eigenvalue weighted by molar-refractivity contribution is -0.118. The zero-order valence-electron chi connectivity index (χ0n) is 13.5. The molecule has 3 amide bonds. The number of hydrogen-bond donors (Lipinski definition) is 2. The molecule has 1 aliphatic heterocycles. The minimum absolute atomic E-state index is 0.0175. The van der Waals surface area contributed by atoms with E-state index in [2.05, 4.69) is 4.72 Å². The Kier molecular flexibility index (Phi) is 4.65. The Morgan fingerprint density at radius 1 is 1.36 bits per heavy atom. The maximum absolute atomic E-state index is 13.9. The molecule has 0 bridgehead atoms. The Hall–Kier alpha value is -2.20. The van der Waals surface area contributed by atoms with Crippen LogP contribution in [0.1, 0.15) is 37.8 Å². The second kappa shape index (κ2) is 6.60. The van der Waals surface area contributed by atoms with Gasteiger partial charge in [0.1, 0.15) is 6.54 Å². The third-order valence-corrected chi connectivity index (χ3v) is 5.70. The highest BCUT2D eigenvalue weighted by Crippen LogP contribution is 2.29. The van der Waals surface area contributed by atoms with E-state index in [1.165, 1.54) is 18.2 Å². The summed E-state index contributed by atoms with van der Waals surface area (Å²) in [7, 11) is -4.21. The molecule has 1 atom stereocenters. The smallest absolute Gasteiger partial charge is 0.339 e. The van der Waals surface area contributed by atoms with Gasteiger partial charge >= 0.3 is 16.2 Å². The Balaban J connectivity index is 1.74. The average Bonchev–Trinajstić information content (AvgIpc) is 2.83. The number of amides is 3. The Morgan fingerprint density at radius 2 is 2.08 bits per heavy atom. The van der Waals surface area contributed by atoms with Crippen LogP contribution in [0.3, 0.4) is 0 Å². The van der Waals surface area contributed by atoms with Gasteiger partial charge in [0.05, 0.1) is 6.10 Å². The van der Waals surface area contributed by atoms with Crippen LogP contribution in [-0.2, 0) is 15.0 Å². The highest BCUT2D eigenvalue weighted by molar-refractivity contribution is 7.87. The van der Waals surface area contributed by atoms with Crippen LogP contribution in [0, 0.1) is 5.82 Å². The number of carbonyl (C=O) groups excluding carboxylic acids is 2. The van der Waals surface area contributed by atoms with Crippen molar-refractivity contribution in [2.75, 3.05) is 6.54 Å². The molecular weight excluding hydrogens is 353 g/mol. The first-order valence-electron chi connectivity index (χ1n) is 7.86. The highest BCUT2D eigenvalue weighted by atomic mass is 32.2. The van der Waals surface area contributed by atoms with Crippen LogP contribution in [0.25, 0.3) is 0 Å². The summed E-state index contributed by atoms with van der Waals surface area (Å²) in [6, 6.07) is 2.33. The molecule has 1 aromatic carbocycles. The lowest BCUT2D eigenvalue weighted by Crippen LogP contribution is -2.43. The molecule has 8 nitrogen and oxygen atoms in total. The van der Waals surface area contributed by atoms with Crippen LogP contribution < -0.4 is 14.8 Å². The molecule has 10 heteroatoms. The fraction of sp³-hybridized carbons (Fsp3) is 0.467. The summed E-state index contributed by atoms with van der Waals surface area (Å²) in [6.45, 7) is 0.980. The molecule has 25 heavy (non-hydrogen) atoms. The molecule has 2 fully saturated rings. The lowest BCUT2D eigenvalue weighted by atomic mass is 9.96. The van der Waals surface area contributed by atoms with Gasteiger partial charge in [-0.1, -0.05) is 6.07 Å². The van der Waals surface area contributed by atoms with Crippen molar-refractivity contribution in [3.63, 3.8) is 0 Å². The molecule has 1 saturated heterocycles. The predicted octanol–water partition coefficient (Wildman–Crippen LogP) is 1.20. The zero-order valence-corrected chi connectivity index (χ0v) is 14.3. The minimum Gasteiger partial charge on any atom is -0.487 e. The summed E-state index contributed by atoms with van der Waals surface area (Å²) in [6.07, 6.45) is 2.75. The monoisotopic (exact) mass is 371 g/mol. The lowest BCUT2D eigenvalue weighted by Gasteiger charge is -2.27. The summed E-state index contributed by atoms with van der Waals surface area (Å²) in [4.78, 5) is 22.7. The van der Waals surface area contributed by atoms with E-state index >= 15 is 0 Å². The molecule has 1 aromatic rings. The minimum atomic E-state index is -4.21. The van der Waals surface area contributed by atoms with E-state index < -0.39 is 40.6 Å². The number of nitrogens with one attached hydrogen (secondary N) is 2. The number of benzene rings is 1. The summed E-state index contributed by atoms with van der Waals surface area (Å²) in [5.74, 6) is -1.14. The van der Waals surface area contributed by atoms with Gasteiger partial charge in [-0.15, -0.1) is 0 Å². The highest BCUT2D eigenvalue weighted by Gasteiger charge is 2.37. The molecular formula is C15H18FN3O5S. The number of ether oxygens (including phenoxy) is 1. The first-order valence-corrected chi connectivity index (χ1v) is 9.30. The average molecular weight is 371 g/mol. The van der Waals surface area contributed by atoms with Crippen molar-refractivity contribution < 1.29 is 27.1 Å². The van der Waals surface area contributed by atoms with Gasteiger partial charge in [-0.2, -0.15) is 17.4 Å². The van der Waals surface area contributed by atoms with Crippen LogP contribution in [0.4, 0.5) is 9.18 Å². The third kappa shape index (κ3) is 3.74. The third-order valence-electron chi connectivity index (χ3n) is 4.18. The fourth-order valence-electron chi connectivity index (χ4n) is 2.52. The predicted molar refractivity (Wildman–Crippen MR) is 85.4 cm³/mol. The first kappa shape index (κ1) is 17.6. The van der Waals surface area contributed by atoms with E-state index in [0.717, 1.165) is 19.3 Å². The number of hydrogen-bond acceptors (Lipinski definition) is 5. The van der Waals surface area contributed by atoms with Crippen LogP contribution in [-0.4, -0.2) is 37.3 Å². The number of rotatable bonds is 6. The number of imide groups is 1. The number of carbonyl (C=O) groups is 2. The van der Waals surface area contributed by atoms with Crippen molar-refractivity contribution in [1.29, 1.82) is 0 Å². The number of urea groups is 1. The molecule has 1 aliphatic carbocycles. The van der Waals surface area contributed by atoms with E-state index in [9.17, 15) is 22.4 Å².